The van der Waals surface area contributed by atoms with Crippen LogP contribution in [0.25, 0.3) is 0 Å². The number of phenolic OH excluding ortho intramolecular Hbond substituents is 2. The molecule has 0 aliphatic carbocycles. The summed E-state index contributed by atoms with van der Waals surface area (Å²) in [6.07, 6.45) is -1.33. The maximum absolute atomic E-state index is 11.9. The number of esters is 1. The van der Waals surface area contributed by atoms with Crippen molar-refractivity contribution in [2.75, 3.05) is 0 Å². The van der Waals surface area contributed by atoms with E-state index in [2.05, 4.69) is 0 Å². The zero-order chi connectivity index (χ0) is 15.7. The molecule has 4 N–H and O–H groups in total. The smallest absolute Gasteiger partial charge is 0.342 e. The zero-order valence-corrected chi connectivity index (χ0v) is 11.2. The average molecular weight is 284 g/mol. The summed E-state index contributed by atoms with van der Waals surface area (Å²) >= 11 is 0. The van der Waals surface area contributed by atoms with Gasteiger partial charge in [-0.3, -0.25) is 0 Å². The van der Waals surface area contributed by atoms with Gasteiger partial charge in [0, 0.05) is 6.07 Å². The fourth-order valence-corrected chi connectivity index (χ4v) is 1.52. The van der Waals surface area contributed by atoms with Crippen molar-refractivity contribution >= 4 is 11.9 Å². The first-order valence-electron chi connectivity index (χ1n) is 5.76. The minimum Gasteiger partial charge on any atom is -0.508 e. The van der Waals surface area contributed by atoms with E-state index in [4.69, 9.17) is 9.84 Å². The van der Waals surface area contributed by atoms with Crippen LogP contribution in [0.3, 0.4) is 0 Å². The molecule has 2 atom stereocenters. The van der Waals surface area contributed by atoms with Crippen LogP contribution >= 0.6 is 0 Å². The summed E-state index contributed by atoms with van der Waals surface area (Å²) in [6, 6.07) is 2.21. The summed E-state index contributed by atoms with van der Waals surface area (Å²) in [4.78, 5) is 22.7. The highest BCUT2D eigenvalue weighted by molar-refractivity contribution is 5.94. The molecule has 0 fully saturated rings. The lowest BCUT2D eigenvalue weighted by molar-refractivity contribution is -0.167. The van der Waals surface area contributed by atoms with Gasteiger partial charge in [-0.25, -0.2) is 9.59 Å². The van der Waals surface area contributed by atoms with Crippen LogP contribution in [0.5, 0.6) is 11.5 Å². The summed E-state index contributed by atoms with van der Waals surface area (Å²) in [6.45, 7) is 3.69. The number of carbonyl (C=O) groups excluding carboxylic acids is 1. The maximum atomic E-state index is 11.9. The molecule has 0 heterocycles. The van der Waals surface area contributed by atoms with Gasteiger partial charge < -0.3 is 25.2 Å². The van der Waals surface area contributed by atoms with E-state index in [9.17, 15) is 24.9 Å². The molecule has 20 heavy (non-hydrogen) atoms. The van der Waals surface area contributed by atoms with Gasteiger partial charge >= 0.3 is 11.9 Å². The molecule has 1 aromatic rings. The van der Waals surface area contributed by atoms with Crippen LogP contribution in [-0.4, -0.2) is 44.1 Å². The number of hydrogen-bond acceptors (Lipinski definition) is 6. The number of benzene rings is 1. The van der Waals surface area contributed by atoms with Crippen molar-refractivity contribution in [2.24, 2.45) is 0 Å². The lowest BCUT2D eigenvalue weighted by Crippen LogP contribution is -2.47. The average Bonchev–Trinajstić information content (AvgIpc) is 2.26. The normalized spacial score (nSPS) is 15.2. The predicted octanol–water partition coefficient (Wildman–Crippen LogP) is 0.787. The van der Waals surface area contributed by atoms with Crippen LogP contribution in [0.4, 0.5) is 0 Å². The molecule has 0 bridgehead atoms. The van der Waals surface area contributed by atoms with Crippen molar-refractivity contribution in [2.45, 2.75) is 32.5 Å². The Morgan fingerprint density at radius 1 is 1.30 bits per heavy atom. The van der Waals surface area contributed by atoms with Gasteiger partial charge in [-0.1, -0.05) is 0 Å². The molecule has 0 aromatic heterocycles. The fourth-order valence-electron chi connectivity index (χ4n) is 1.52. The van der Waals surface area contributed by atoms with Crippen LogP contribution in [0.15, 0.2) is 12.1 Å². The predicted molar refractivity (Wildman–Crippen MR) is 67.6 cm³/mol. The topological polar surface area (TPSA) is 124 Å². The molecule has 0 radical (unpaired) electrons. The molecule has 7 nitrogen and oxygen atoms in total. The first-order valence-corrected chi connectivity index (χ1v) is 5.76. The van der Waals surface area contributed by atoms with Crippen LogP contribution < -0.4 is 0 Å². The van der Waals surface area contributed by atoms with Gasteiger partial charge in [0.1, 0.15) is 23.2 Å². The van der Waals surface area contributed by atoms with Crippen molar-refractivity contribution in [3.8, 4) is 11.5 Å². The fraction of sp³-hybridized carbons (Fsp3) is 0.385. The lowest BCUT2D eigenvalue weighted by atomic mass is 10.0. The second-order valence-corrected chi connectivity index (χ2v) is 4.66. The van der Waals surface area contributed by atoms with Gasteiger partial charge in [0.05, 0.1) is 0 Å². The number of ether oxygens (including phenoxy) is 1. The molecule has 1 rings (SSSR count). The maximum Gasteiger partial charge on any atom is 0.342 e. The number of aliphatic hydroxyl groups is 1. The Balaban J connectivity index is 3.01. The Bertz CT molecular complexity index is 525. The van der Waals surface area contributed by atoms with E-state index < -0.39 is 29.4 Å². The number of carboxylic acids is 1. The van der Waals surface area contributed by atoms with E-state index in [-0.39, 0.29) is 16.9 Å². The molecule has 0 amide bonds. The van der Waals surface area contributed by atoms with E-state index in [0.717, 1.165) is 13.0 Å². The van der Waals surface area contributed by atoms with Gasteiger partial charge in [-0.2, -0.15) is 0 Å². The Morgan fingerprint density at radius 3 is 2.30 bits per heavy atom. The Hall–Kier alpha value is -2.28. The van der Waals surface area contributed by atoms with Crippen LogP contribution in [0, 0.1) is 6.92 Å². The number of carbonyl (C=O) groups is 2. The second kappa shape index (κ2) is 5.38. The summed E-state index contributed by atoms with van der Waals surface area (Å²) in [5, 5.41) is 37.4. The van der Waals surface area contributed by atoms with E-state index in [1.165, 1.54) is 19.9 Å². The zero-order valence-electron chi connectivity index (χ0n) is 11.2. The largest absolute Gasteiger partial charge is 0.508 e. The summed E-state index contributed by atoms with van der Waals surface area (Å²) in [5.41, 5.74) is -2.19. The third-order valence-corrected chi connectivity index (χ3v) is 3.01. The highest BCUT2D eigenvalue weighted by atomic mass is 16.6. The van der Waals surface area contributed by atoms with Crippen molar-refractivity contribution in [1.29, 1.82) is 0 Å². The Morgan fingerprint density at radius 2 is 1.85 bits per heavy atom. The Labute approximate surface area is 115 Å². The monoisotopic (exact) mass is 284 g/mol. The SMILES string of the molecule is Cc1cc(O)cc(O)c1C(=O)O[C@H](C)[C@](C)(O)C(=O)O. The molecule has 0 aliphatic heterocycles. The molecular formula is C13H16O7. The van der Waals surface area contributed by atoms with Gasteiger partial charge in [0.25, 0.3) is 0 Å². The number of aromatic hydroxyl groups is 2. The molecule has 0 saturated heterocycles. The molecule has 0 aliphatic rings. The number of rotatable bonds is 4. The van der Waals surface area contributed by atoms with E-state index in [0.29, 0.717) is 0 Å². The highest BCUT2D eigenvalue weighted by Crippen LogP contribution is 2.28. The van der Waals surface area contributed by atoms with Crippen LogP contribution in [-0.2, 0) is 9.53 Å². The third kappa shape index (κ3) is 3.00. The molecule has 7 heteroatoms. The summed E-state index contributed by atoms with van der Waals surface area (Å²) in [5.74, 6) is -3.24. The number of aliphatic carboxylic acids is 1. The number of carboxylic acid groups (broad SMARTS) is 1. The van der Waals surface area contributed by atoms with Crippen molar-refractivity contribution in [3.05, 3.63) is 23.3 Å². The number of phenols is 2. The summed E-state index contributed by atoms with van der Waals surface area (Å²) < 4.78 is 4.85. The van der Waals surface area contributed by atoms with Gasteiger partial charge in [0.2, 0.25) is 0 Å². The molecule has 0 unspecified atom stereocenters. The van der Waals surface area contributed by atoms with E-state index in [1.54, 1.807) is 0 Å². The first-order chi connectivity index (χ1) is 9.07. The van der Waals surface area contributed by atoms with E-state index >= 15 is 0 Å². The van der Waals surface area contributed by atoms with Crippen LogP contribution in [0.2, 0.25) is 0 Å². The highest BCUT2D eigenvalue weighted by Gasteiger charge is 2.39. The van der Waals surface area contributed by atoms with Crippen molar-refractivity contribution in [1.82, 2.24) is 0 Å². The standard InChI is InChI=1S/C13H16O7/c1-6-4-8(14)5-9(15)10(6)11(16)20-7(2)13(3,19)12(17)18/h4-5,7,14-15,19H,1-3H3,(H,17,18)/t7-,13+/m1/s1. The van der Waals surface area contributed by atoms with Gasteiger partial charge in [-0.15, -0.1) is 0 Å². The quantitative estimate of drug-likeness (QED) is 0.602. The number of hydrogen-bond donors (Lipinski definition) is 4. The third-order valence-electron chi connectivity index (χ3n) is 3.01. The van der Waals surface area contributed by atoms with Crippen LogP contribution in [0.1, 0.15) is 29.8 Å². The molecule has 110 valence electrons. The minimum absolute atomic E-state index is 0.198. The molecule has 1 aromatic carbocycles. The Kier molecular flexibility index (Phi) is 4.24. The van der Waals surface area contributed by atoms with Gasteiger partial charge in [0.15, 0.2) is 5.60 Å². The van der Waals surface area contributed by atoms with Crippen molar-refractivity contribution in [3.63, 3.8) is 0 Å². The first kappa shape index (κ1) is 15.8. The molecule has 0 spiro atoms. The second-order valence-electron chi connectivity index (χ2n) is 4.66. The summed E-state index contributed by atoms with van der Waals surface area (Å²) in [7, 11) is 0. The minimum atomic E-state index is -2.25. The molecule has 0 saturated carbocycles. The van der Waals surface area contributed by atoms with Crippen molar-refractivity contribution < 1.29 is 34.8 Å². The lowest BCUT2D eigenvalue weighted by Gasteiger charge is -2.25. The number of aryl methyl sites for hydroxylation is 1. The van der Waals surface area contributed by atoms with Gasteiger partial charge in [-0.05, 0) is 32.4 Å². The van der Waals surface area contributed by atoms with E-state index in [1.807, 2.05) is 0 Å². The molecular weight excluding hydrogens is 268 g/mol.